The van der Waals surface area contributed by atoms with Crippen LogP contribution in [0.2, 0.25) is 0 Å². The van der Waals surface area contributed by atoms with Crippen LogP contribution in [0.25, 0.3) is 0 Å². The summed E-state index contributed by atoms with van der Waals surface area (Å²) in [6.45, 7) is 1.48. The maximum Gasteiger partial charge on any atom is 0.254 e. The highest BCUT2D eigenvalue weighted by molar-refractivity contribution is 5.94. The lowest BCUT2D eigenvalue weighted by Gasteiger charge is -2.25. The number of hydrogen-bond donors (Lipinski definition) is 0. The predicted octanol–water partition coefficient (Wildman–Crippen LogP) is 3.30. The zero-order valence-corrected chi connectivity index (χ0v) is 14.0. The number of amides is 1. The fourth-order valence-electron chi connectivity index (χ4n) is 3.45. The molecule has 0 radical (unpaired) electrons. The third kappa shape index (κ3) is 3.31. The fourth-order valence-corrected chi connectivity index (χ4v) is 3.45. The van der Waals surface area contributed by atoms with E-state index < -0.39 is 0 Å². The van der Waals surface area contributed by atoms with E-state index in [1.54, 1.807) is 11.0 Å². The van der Waals surface area contributed by atoms with E-state index in [1.807, 2.05) is 47.4 Å². The van der Waals surface area contributed by atoms with E-state index in [2.05, 4.69) is 22.2 Å². The normalized spacial score (nSPS) is 17.0. The van der Waals surface area contributed by atoms with Crippen LogP contribution >= 0.6 is 0 Å². The Balaban J connectivity index is 1.50. The van der Waals surface area contributed by atoms with Crippen molar-refractivity contribution in [2.45, 2.75) is 25.4 Å². The molecule has 2 heterocycles. The number of carbonyl (C=O) groups excluding carboxylic acids is 1. The van der Waals surface area contributed by atoms with Gasteiger partial charge in [-0.2, -0.15) is 5.10 Å². The molecule has 0 aliphatic carbocycles. The van der Waals surface area contributed by atoms with Crippen LogP contribution < -0.4 is 0 Å². The van der Waals surface area contributed by atoms with Crippen LogP contribution in [-0.2, 0) is 6.54 Å². The van der Waals surface area contributed by atoms with Gasteiger partial charge < -0.3 is 4.90 Å². The van der Waals surface area contributed by atoms with E-state index >= 15 is 0 Å². The molecular weight excluding hydrogens is 312 g/mol. The van der Waals surface area contributed by atoms with Crippen LogP contribution in [-0.4, -0.2) is 32.1 Å². The van der Waals surface area contributed by atoms with Crippen molar-refractivity contribution >= 4 is 5.91 Å². The van der Waals surface area contributed by atoms with Gasteiger partial charge in [0.25, 0.3) is 5.91 Å². The largest absolute Gasteiger partial charge is 0.332 e. The van der Waals surface area contributed by atoms with E-state index in [1.165, 1.54) is 11.9 Å². The second kappa shape index (κ2) is 6.89. The van der Waals surface area contributed by atoms with Gasteiger partial charge in [-0.1, -0.05) is 42.5 Å². The van der Waals surface area contributed by atoms with Gasteiger partial charge in [-0.15, -0.1) is 0 Å². The molecule has 1 amide bonds. The first-order chi connectivity index (χ1) is 12.3. The summed E-state index contributed by atoms with van der Waals surface area (Å²) >= 11 is 0. The molecule has 5 nitrogen and oxygen atoms in total. The van der Waals surface area contributed by atoms with Crippen molar-refractivity contribution in [3.63, 3.8) is 0 Å². The number of hydrogen-bond acceptors (Lipinski definition) is 3. The molecule has 1 aliphatic heterocycles. The number of likely N-dealkylation sites (tertiary alicyclic amines) is 1. The summed E-state index contributed by atoms with van der Waals surface area (Å²) in [7, 11) is 0. The van der Waals surface area contributed by atoms with Gasteiger partial charge >= 0.3 is 0 Å². The summed E-state index contributed by atoms with van der Waals surface area (Å²) in [4.78, 5) is 18.9. The zero-order chi connectivity index (χ0) is 17.1. The summed E-state index contributed by atoms with van der Waals surface area (Å²) < 4.78 is 1.77. The zero-order valence-electron chi connectivity index (χ0n) is 14.0. The Morgan fingerprint density at radius 1 is 1.08 bits per heavy atom. The average molecular weight is 332 g/mol. The number of aromatic nitrogens is 3. The smallest absolute Gasteiger partial charge is 0.254 e. The standard InChI is InChI=1S/C20H20N4O/c25-20(24-12-4-7-19(24)17-5-2-1-3-6-17)18-10-8-16(9-11-18)13-23-15-21-14-22-23/h1-3,5-6,8-11,14-15,19H,4,7,12-13H2/t19-/m1/s1. The van der Waals surface area contributed by atoms with Crippen LogP contribution in [0.1, 0.15) is 40.4 Å². The predicted molar refractivity (Wildman–Crippen MR) is 95.0 cm³/mol. The highest BCUT2D eigenvalue weighted by atomic mass is 16.2. The molecule has 1 saturated heterocycles. The van der Waals surface area contributed by atoms with Crippen molar-refractivity contribution in [3.8, 4) is 0 Å². The van der Waals surface area contributed by atoms with Crippen molar-refractivity contribution in [2.75, 3.05) is 6.54 Å². The fraction of sp³-hybridized carbons (Fsp3) is 0.250. The molecule has 5 heteroatoms. The Morgan fingerprint density at radius 2 is 1.88 bits per heavy atom. The molecule has 25 heavy (non-hydrogen) atoms. The summed E-state index contributed by atoms with van der Waals surface area (Å²) in [5.41, 5.74) is 3.06. The summed E-state index contributed by atoms with van der Waals surface area (Å²) in [6, 6.07) is 18.3. The number of carbonyl (C=O) groups is 1. The Morgan fingerprint density at radius 3 is 2.60 bits per heavy atom. The first kappa shape index (κ1) is 15.6. The van der Waals surface area contributed by atoms with E-state index in [0.717, 1.165) is 30.5 Å². The van der Waals surface area contributed by atoms with E-state index in [-0.39, 0.29) is 11.9 Å². The number of nitrogens with zero attached hydrogens (tertiary/aromatic N) is 4. The lowest BCUT2D eigenvalue weighted by molar-refractivity contribution is 0.0735. The summed E-state index contributed by atoms with van der Waals surface area (Å²) in [5.74, 6) is 0.110. The molecule has 1 aliphatic rings. The molecule has 2 aromatic carbocycles. The van der Waals surface area contributed by atoms with E-state index in [0.29, 0.717) is 6.54 Å². The van der Waals surface area contributed by atoms with Crippen LogP contribution in [0.5, 0.6) is 0 Å². The maximum atomic E-state index is 13.0. The minimum Gasteiger partial charge on any atom is -0.332 e. The van der Waals surface area contributed by atoms with Gasteiger partial charge in [0.05, 0.1) is 12.6 Å². The Labute approximate surface area is 146 Å². The number of benzene rings is 2. The van der Waals surface area contributed by atoms with Crippen molar-refractivity contribution in [1.82, 2.24) is 19.7 Å². The molecule has 1 atom stereocenters. The number of rotatable bonds is 4. The third-order valence-corrected chi connectivity index (χ3v) is 4.71. The lowest BCUT2D eigenvalue weighted by Crippen LogP contribution is -2.30. The van der Waals surface area contributed by atoms with Crippen molar-refractivity contribution < 1.29 is 4.79 Å². The van der Waals surface area contributed by atoms with Crippen molar-refractivity contribution in [2.24, 2.45) is 0 Å². The molecule has 0 unspecified atom stereocenters. The van der Waals surface area contributed by atoms with Gasteiger partial charge in [0.15, 0.2) is 0 Å². The van der Waals surface area contributed by atoms with Crippen LogP contribution in [0.15, 0.2) is 67.3 Å². The highest BCUT2D eigenvalue weighted by Crippen LogP contribution is 2.32. The van der Waals surface area contributed by atoms with Crippen LogP contribution in [0, 0.1) is 0 Å². The van der Waals surface area contributed by atoms with Crippen molar-refractivity contribution in [3.05, 3.63) is 83.9 Å². The minimum atomic E-state index is 0.110. The van der Waals surface area contributed by atoms with Gasteiger partial charge in [0.1, 0.15) is 12.7 Å². The third-order valence-electron chi connectivity index (χ3n) is 4.71. The Hall–Kier alpha value is -2.95. The maximum absolute atomic E-state index is 13.0. The van der Waals surface area contributed by atoms with Crippen LogP contribution in [0.3, 0.4) is 0 Å². The second-order valence-electron chi connectivity index (χ2n) is 6.36. The van der Waals surface area contributed by atoms with Gasteiger partial charge in [0, 0.05) is 12.1 Å². The topological polar surface area (TPSA) is 51.0 Å². The first-order valence-corrected chi connectivity index (χ1v) is 8.58. The lowest BCUT2D eigenvalue weighted by atomic mass is 10.0. The molecule has 126 valence electrons. The van der Waals surface area contributed by atoms with Gasteiger partial charge in [-0.25, -0.2) is 9.67 Å². The Kier molecular flexibility index (Phi) is 4.29. The van der Waals surface area contributed by atoms with E-state index in [4.69, 9.17) is 0 Å². The summed E-state index contributed by atoms with van der Waals surface area (Å²) in [5, 5.41) is 4.11. The summed E-state index contributed by atoms with van der Waals surface area (Å²) in [6.07, 6.45) is 5.29. The molecule has 3 aromatic rings. The first-order valence-electron chi connectivity index (χ1n) is 8.58. The quantitative estimate of drug-likeness (QED) is 0.736. The monoisotopic (exact) mass is 332 g/mol. The van der Waals surface area contributed by atoms with E-state index in [9.17, 15) is 4.79 Å². The molecule has 0 saturated carbocycles. The molecule has 0 spiro atoms. The molecule has 1 aromatic heterocycles. The molecular formula is C20H20N4O. The SMILES string of the molecule is O=C(c1ccc(Cn2cncn2)cc1)N1CCC[C@@H]1c1ccccc1. The van der Waals surface area contributed by atoms with Gasteiger partial charge in [0.2, 0.25) is 0 Å². The average Bonchev–Trinajstić information content (AvgIpc) is 3.34. The second-order valence-corrected chi connectivity index (χ2v) is 6.36. The van der Waals surface area contributed by atoms with Gasteiger partial charge in [-0.05, 0) is 36.1 Å². The van der Waals surface area contributed by atoms with Crippen LogP contribution in [0.4, 0.5) is 0 Å². The highest BCUT2D eigenvalue weighted by Gasteiger charge is 2.30. The van der Waals surface area contributed by atoms with Gasteiger partial charge in [-0.3, -0.25) is 4.79 Å². The molecule has 0 N–H and O–H groups in total. The minimum absolute atomic E-state index is 0.110. The van der Waals surface area contributed by atoms with Crippen molar-refractivity contribution in [1.29, 1.82) is 0 Å². The molecule has 4 rings (SSSR count). The molecule has 0 bridgehead atoms. The molecule has 1 fully saturated rings. The Bertz CT molecular complexity index is 828.